The standard InChI is InChI=1S/C12H12F3NO4/c1-7-2-3-8(20-7)9(17)16-5-4-11(6-16,10(18)19)12(13,14)15/h2-3H,4-6H2,1H3,(H,18,19). The summed E-state index contributed by atoms with van der Waals surface area (Å²) in [7, 11) is 0. The number of nitrogens with zero attached hydrogens (tertiary/aromatic N) is 1. The summed E-state index contributed by atoms with van der Waals surface area (Å²) in [6, 6.07) is 2.86. The van der Waals surface area contributed by atoms with Crippen LogP contribution in [0.15, 0.2) is 16.5 Å². The fourth-order valence-corrected chi connectivity index (χ4v) is 2.22. The highest BCUT2D eigenvalue weighted by atomic mass is 19.4. The largest absolute Gasteiger partial charge is 0.481 e. The summed E-state index contributed by atoms with van der Waals surface area (Å²) in [4.78, 5) is 23.8. The second-order valence-corrected chi connectivity index (χ2v) is 4.77. The van der Waals surface area contributed by atoms with Crippen LogP contribution in [0.3, 0.4) is 0 Å². The van der Waals surface area contributed by atoms with Crippen molar-refractivity contribution in [1.29, 1.82) is 0 Å². The van der Waals surface area contributed by atoms with Gasteiger partial charge in [0.25, 0.3) is 5.91 Å². The molecule has 0 radical (unpaired) electrons. The highest BCUT2D eigenvalue weighted by molar-refractivity contribution is 5.92. The summed E-state index contributed by atoms with van der Waals surface area (Å²) >= 11 is 0. The highest BCUT2D eigenvalue weighted by Crippen LogP contribution is 2.46. The summed E-state index contributed by atoms with van der Waals surface area (Å²) in [5, 5.41) is 8.89. The first-order valence-electron chi connectivity index (χ1n) is 5.83. The Hall–Kier alpha value is -1.99. The Morgan fingerprint density at radius 2 is 2.05 bits per heavy atom. The fourth-order valence-electron chi connectivity index (χ4n) is 2.22. The van der Waals surface area contributed by atoms with Gasteiger partial charge in [-0.15, -0.1) is 0 Å². The first-order chi connectivity index (χ1) is 9.17. The van der Waals surface area contributed by atoms with Gasteiger partial charge in [0.1, 0.15) is 5.76 Å². The van der Waals surface area contributed by atoms with E-state index in [0.717, 1.165) is 4.90 Å². The number of carboxylic acid groups (broad SMARTS) is 1. The molecule has 0 aliphatic carbocycles. The molecule has 1 N–H and O–H groups in total. The average molecular weight is 291 g/mol. The Bertz CT molecular complexity index is 551. The third kappa shape index (κ3) is 2.14. The van der Waals surface area contributed by atoms with Crippen molar-refractivity contribution >= 4 is 11.9 Å². The van der Waals surface area contributed by atoms with E-state index >= 15 is 0 Å². The van der Waals surface area contributed by atoms with Crippen LogP contribution >= 0.6 is 0 Å². The van der Waals surface area contributed by atoms with Crippen molar-refractivity contribution in [1.82, 2.24) is 4.90 Å². The molecular formula is C12H12F3NO4. The third-order valence-electron chi connectivity index (χ3n) is 3.46. The molecule has 0 spiro atoms. The number of alkyl halides is 3. The summed E-state index contributed by atoms with van der Waals surface area (Å²) in [5.74, 6) is -2.33. The fraction of sp³-hybridized carbons (Fsp3) is 0.500. The zero-order valence-electron chi connectivity index (χ0n) is 10.5. The molecule has 1 aliphatic heterocycles. The molecule has 2 rings (SSSR count). The van der Waals surface area contributed by atoms with Crippen molar-refractivity contribution in [3.05, 3.63) is 23.7 Å². The number of carbonyl (C=O) groups excluding carboxylic acids is 1. The van der Waals surface area contributed by atoms with E-state index in [-0.39, 0.29) is 12.3 Å². The number of furan rings is 1. The molecule has 2 heterocycles. The van der Waals surface area contributed by atoms with E-state index in [1.54, 1.807) is 6.92 Å². The second kappa shape index (κ2) is 4.53. The number of hydrogen-bond acceptors (Lipinski definition) is 3. The predicted molar refractivity (Wildman–Crippen MR) is 60.1 cm³/mol. The number of likely N-dealkylation sites (tertiary alicyclic amines) is 1. The normalized spacial score (nSPS) is 23.1. The summed E-state index contributed by atoms with van der Waals surface area (Å²) < 4.78 is 44.0. The number of halogens is 3. The monoisotopic (exact) mass is 291 g/mol. The van der Waals surface area contributed by atoms with Gasteiger partial charge in [0, 0.05) is 13.1 Å². The SMILES string of the molecule is Cc1ccc(C(=O)N2CCC(C(=O)O)(C(F)(F)F)C2)o1. The van der Waals surface area contributed by atoms with Gasteiger partial charge in [0.05, 0.1) is 0 Å². The third-order valence-corrected chi connectivity index (χ3v) is 3.46. The van der Waals surface area contributed by atoms with Gasteiger partial charge in [0.2, 0.25) is 0 Å². The molecule has 1 fully saturated rings. The van der Waals surface area contributed by atoms with Gasteiger partial charge in [-0.05, 0) is 25.5 Å². The first-order valence-corrected chi connectivity index (χ1v) is 5.83. The van der Waals surface area contributed by atoms with Gasteiger partial charge in [0.15, 0.2) is 11.2 Å². The molecule has 1 aliphatic rings. The minimum Gasteiger partial charge on any atom is -0.481 e. The molecule has 20 heavy (non-hydrogen) atoms. The Morgan fingerprint density at radius 1 is 1.40 bits per heavy atom. The van der Waals surface area contributed by atoms with Crippen LogP contribution in [0.2, 0.25) is 0 Å². The molecule has 1 amide bonds. The molecule has 5 nitrogen and oxygen atoms in total. The molecule has 1 unspecified atom stereocenters. The van der Waals surface area contributed by atoms with E-state index in [2.05, 4.69) is 0 Å². The number of aliphatic carboxylic acids is 1. The minimum absolute atomic E-state index is 0.0918. The van der Waals surface area contributed by atoms with Crippen molar-refractivity contribution in [3.63, 3.8) is 0 Å². The lowest BCUT2D eigenvalue weighted by Gasteiger charge is -2.26. The molecular weight excluding hydrogens is 279 g/mol. The smallest absolute Gasteiger partial charge is 0.406 e. The molecule has 1 aromatic heterocycles. The quantitative estimate of drug-likeness (QED) is 0.905. The molecule has 8 heteroatoms. The molecule has 1 saturated heterocycles. The molecule has 1 atom stereocenters. The van der Waals surface area contributed by atoms with Crippen LogP contribution in [-0.4, -0.2) is 41.1 Å². The van der Waals surface area contributed by atoms with Gasteiger partial charge in [-0.25, -0.2) is 0 Å². The summed E-state index contributed by atoms with van der Waals surface area (Å²) in [6.45, 7) is 0.423. The Labute approximate surface area is 112 Å². The van der Waals surface area contributed by atoms with Gasteiger partial charge in [-0.2, -0.15) is 13.2 Å². The van der Waals surface area contributed by atoms with Crippen molar-refractivity contribution in [2.24, 2.45) is 5.41 Å². The number of rotatable bonds is 2. The molecule has 0 aromatic carbocycles. The van der Waals surface area contributed by atoms with Crippen molar-refractivity contribution in [2.45, 2.75) is 19.5 Å². The van der Waals surface area contributed by atoms with Crippen LogP contribution in [0.4, 0.5) is 13.2 Å². The Kier molecular flexibility index (Phi) is 3.27. The van der Waals surface area contributed by atoms with Crippen LogP contribution in [0.5, 0.6) is 0 Å². The number of amides is 1. The van der Waals surface area contributed by atoms with Crippen LogP contribution in [0, 0.1) is 12.3 Å². The second-order valence-electron chi connectivity index (χ2n) is 4.77. The van der Waals surface area contributed by atoms with E-state index in [9.17, 15) is 22.8 Å². The van der Waals surface area contributed by atoms with Crippen molar-refractivity contribution in [2.75, 3.05) is 13.1 Å². The van der Waals surface area contributed by atoms with E-state index in [1.807, 2.05) is 0 Å². The minimum atomic E-state index is -4.91. The Morgan fingerprint density at radius 3 is 2.45 bits per heavy atom. The number of carboxylic acids is 1. The van der Waals surface area contributed by atoms with Crippen LogP contribution < -0.4 is 0 Å². The molecule has 1 aromatic rings. The maximum absolute atomic E-state index is 13.0. The number of carbonyl (C=O) groups is 2. The van der Waals surface area contributed by atoms with Crippen LogP contribution in [0.25, 0.3) is 0 Å². The zero-order valence-corrected chi connectivity index (χ0v) is 10.5. The molecule has 110 valence electrons. The predicted octanol–water partition coefficient (Wildman–Crippen LogP) is 2.07. The topological polar surface area (TPSA) is 70.8 Å². The average Bonchev–Trinajstić information content (AvgIpc) is 2.93. The molecule has 0 bridgehead atoms. The van der Waals surface area contributed by atoms with Crippen molar-refractivity contribution < 1.29 is 32.3 Å². The maximum Gasteiger partial charge on any atom is 0.406 e. The lowest BCUT2D eigenvalue weighted by Crippen LogP contribution is -2.47. The lowest BCUT2D eigenvalue weighted by atomic mass is 9.86. The van der Waals surface area contributed by atoms with Gasteiger partial charge in [-0.3, -0.25) is 9.59 Å². The summed E-state index contributed by atoms with van der Waals surface area (Å²) in [5.41, 5.74) is -2.90. The first kappa shape index (κ1) is 14.4. The van der Waals surface area contributed by atoms with Crippen LogP contribution in [0.1, 0.15) is 22.7 Å². The molecule has 0 saturated carbocycles. The summed E-state index contributed by atoms with van der Waals surface area (Å²) in [6.07, 6.45) is -5.57. The lowest BCUT2D eigenvalue weighted by molar-refractivity contribution is -0.227. The van der Waals surface area contributed by atoms with Crippen molar-refractivity contribution in [3.8, 4) is 0 Å². The van der Waals surface area contributed by atoms with E-state index in [1.165, 1.54) is 12.1 Å². The maximum atomic E-state index is 13.0. The van der Waals surface area contributed by atoms with E-state index in [0.29, 0.717) is 5.76 Å². The van der Waals surface area contributed by atoms with Gasteiger partial charge < -0.3 is 14.4 Å². The number of aryl methyl sites for hydroxylation is 1. The van der Waals surface area contributed by atoms with Gasteiger partial charge >= 0.3 is 12.1 Å². The van der Waals surface area contributed by atoms with Crippen LogP contribution in [-0.2, 0) is 4.79 Å². The van der Waals surface area contributed by atoms with E-state index < -0.39 is 36.4 Å². The Balaban J connectivity index is 2.23. The number of hydrogen-bond donors (Lipinski definition) is 1. The van der Waals surface area contributed by atoms with Gasteiger partial charge in [-0.1, -0.05) is 0 Å². The van der Waals surface area contributed by atoms with E-state index in [4.69, 9.17) is 9.52 Å². The highest BCUT2D eigenvalue weighted by Gasteiger charge is 2.64. The zero-order chi connectivity index (χ0) is 15.1.